The van der Waals surface area contributed by atoms with E-state index in [1.54, 1.807) is 0 Å². The number of hydrogen-bond acceptors (Lipinski definition) is 3. The van der Waals surface area contributed by atoms with Crippen molar-refractivity contribution in [1.82, 2.24) is 14.5 Å². The van der Waals surface area contributed by atoms with Crippen molar-refractivity contribution in [3.05, 3.63) is 60.2 Å². The van der Waals surface area contributed by atoms with Crippen molar-refractivity contribution in [3.63, 3.8) is 0 Å². The average Bonchev–Trinajstić information content (AvgIpc) is 3.00. The first-order valence-corrected chi connectivity index (χ1v) is 8.81. The number of imidazole rings is 1. The zero-order valence-corrected chi connectivity index (χ0v) is 14.2. The molecule has 124 valence electrons. The normalized spacial score (nSPS) is 15.0. The zero-order valence-electron chi connectivity index (χ0n) is 14.2. The Kier molecular flexibility index (Phi) is 4.22. The summed E-state index contributed by atoms with van der Waals surface area (Å²) in [6, 6.07) is 19.2. The van der Waals surface area contributed by atoms with E-state index in [-0.39, 0.29) is 0 Å². The number of para-hydroxylation sites is 2. The summed E-state index contributed by atoms with van der Waals surface area (Å²) in [6.07, 6.45) is 2.22. The van der Waals surface area contributed by atoms with E-state index in [9.17, 15) is 0 Å². The van der Waals surface area contributed by atoms with Gasteiger partial charge < -0.3 is 4.90 Å². The zero-order chi connectivity index (χ0) is 16.4. The third kappa shape index (κ3) is 2.89. The molecular weight excluding hydrogens is 296 g/mol. The van der Waals surface area contributed by atoms with Crippen molar-refractivity contribution in [2.45, 2.75) is 26.4 Å². The highest BCUT2D eigenvalue weighted by molar-refractivity contribution is 5.79. The van der Waals surface area contributed by atoms with Crippen LogP contribution in [-0.2, 0) is 13.1 Å². The lowest BCUT2D eigenvalue weighted by molar-refractivity contribution is 0.199. The lowest BCUT2D eigenvalue weighted by atomic mass is 10.1. The standard InChI is InChI=1S/C20H24N4/c1-2-13-22-15-23(14-12-17-8-4-3-5-9-17)20-21-18-10-6-7-11-19(18)24(20)16-22/h3-11H,2,12-16H2,1H3. The van der Waals surface area contributed by atoms with Crippen molar-refractivity contribution in [1.29, 1.82) is 0 Å². The molecule has 0 saturated carbocycles. The van der Waals surface area contributed by atoms with Gasteiger partial charge in [0.15, 0.2) is 0 Å². The Morgan fingerprint density at radius 1 is 0.917 bits per heavy atom. The molecule has 4 rings (SSSR count). The van der Waals surface area contributed by atoms with E-state index in [4.69, 9.17) is 4.98 Å². The van der Waals surface area contributed by atoms with Crippen LogP contribution in [0.5, 0.6) is 0 Å². The molecule has 0 bridgehead atoms. The highest BCUT2D eigenvalue weighted by Crippen LogP contribution is 2.27. The van der Waals surface area contributed by atoms with Crippen LogP contribution >= 0.6 is 0 Å². The Morgan fingerprint density at radius 2 is 1.71 bits per heavy atom. The number of benzene rings is 2. The van der Waals surface area contributed by atoms with Crippen molar-refractivity contribution in [2.75, 3.05) is 24.7 Å². The van der Waals surface area contributed by atoms with E-state index in [1.807, 2.05) is 0 Å². The predicted octanol–water partition coefficient (Wildman–Crippen LogP) is 3.73. The van der Waals surface area contributed by atoms with Gasteiger partial charge in [0.05, 0.1) is 24.4 Å². The van der Waals surface area contributed by atoms with E-state index in [0.29, 0.717) is 0 Å². The van der Waals surface area contributed by atoms with E-state index in [2.05, 4.69) is 75.9 Å². The Balaban J connectivity index is 1.63. The summed E-state index contributed by atoms with van der Waals surface area (Å²) in [7, 11) is 0. The molecule has 24 heavy (non-hydrogen) atoms. The highest BCUT2D eigenvalue weighted by atomic mass is 15.5. The third-order valence-corrected chi connectivity index (χ3v) is 4.68. The van der Waals surface area contributed by atoms with Gasteiger partial charge in [0, 0.05) is 13.1 Å². The SMILES string of the molecule is CCCN1CN(CCc2ccccc2)c2nc3ccccc3n2C1. The predicted molar refractivity (Wildman–Crippen MR) is 99.1 cm³/mol. The largest absolute Gasteiger partial charge is 0.329 e. The van der Waals surface area contributed by atoms with Gasteiger partial charge in [-0.3, -0.25) is 9.47 Å². The molecule has 0 amide bonds. The van der Waals surface area contributed by atoms with Crippen LogP contribution in [-0.4, -0.2) is 34.2 Å². The summed E-state index contributed by atoms with van der Waals surface area (Å²) in [5, 5.41) is 0. The minimum absolute atomic E-state index is 0.936. The summed E-state index contributed by atoms with van der Waals surface area (Å²) >= 11 is 0. The fourth-order valence-corrected chi connectivity index (χ4v) is 3.53. The van der Waals surface area contributed by atoms with E-state index >= 15 is 0 Å². The Morgan fingerprint density at radius 3 is 2.54 bits per heavy atom. The maximum Gasteiger partial charge on any atom is 0.208 e. The van der Waals surface area contributed by atoms with E-state index < -0.39 is 0 Å². The van der Waals surface area contributed by atoms with Gasteiger partial charge in [-0.2, -0.15) is 0 Å². The number of anilines is 1. The quantitative estimate of drug-likeness (QED) is 0.716. The van der Waals surface area contributed by atoms with Gasteiger partial charge in [-0.25, -0.2) is 4.98 Å². The van der Waals surface area contributed by atoms with Crippen LogP contribution in [0.2, 0.25) is 0 Å². The lowest BCUT2D eigenvalue weighted by Gasteiger charge is -2.37. The molecule has 2 aromatic carbocycles. The molecule has 1 aliphatic heterocycles. The fraction of sp³-hybridized carbons (Fsp3) is 0.350. The van der Waals surface area contributed by atoms with Crippen LogP contribution in [0.4, 0.5) is 5.95 Å². The van der Waals surface area contributed by atoms with Gasteiger partial charge >= 0.3 is 0 Å². The van der Waals surface area contributed by atoms with Gasteiger partial charge in [0.1, 0.15) is 0 Å². The molecule has 0 N–H and O–H groups in total. The Labute approximate surface area is 143 Å². The maximum atomic E-state index is 4.90. The summed E-state index contributed by atoms with van der Waals surface area (Å²) in [6.45, 7) is 6.26. The lowest BCUT2D eigenvalue weighted by Crippen LogP contribution is -2.46. The molecule has 0 saturated heterocycles. The number of fused-ring (bicyclic) bond motifs is 3. The molecule has 4 heteroatoms. The van der Waals surface area contributed by atoms with Crippen LogP contribution in [0.3, 0.4) is 0 Å². The number of aromatic nitrogens is 2. The Hall–Kier alpha value is -2.33. The second-order valence-electron chi connectivity index (χ2n) is 6.50. The van der Waals surface area contributed by atoms with Gasteiger partial charge in [0.25, 0.3) is 0 Å². The molecule has 1 aliphatic rings. The van der Waals surface area contributed by atoms with Crippen LogP contribution < -0.4 is 4.90 Å². The average molecular weight is 320 g/mol. The maximum absolute atomic E-state index is 4.90. The van der Waals surface area contributed by atoms with Gasteiger partial charge in [-0.15, -0.1) is 0 Å². The second kappa shape index (κ2) is 6.65. The second-order valence-corrected chi connectivity index (χ2v) is 6.50. The minimum Gasteiger partial charge on any atom is -0.329 e. The molecule has 0 aliphatic carbocycles. The van der Waals surface area contributed by atoms with Gasteiger partial charge in [0.2, 0.25) is 5.95 Å². The van der Waals surface area contributed by atoms with E-state index in [0.717, 1.165) is 44.3 Å². The summed E-state index contributed by atoms with van der Waals surface area (Å²) < 4.78 is 2.36. The molecule has 2 heterocycles. The van der Waals surface area contributed by atoms with Crippen molar-refractivity contribution < 1.29 is 0 Å². The van der Waals surface area contributed by atoms with E-state index in [1.165, 1.54) is 17.5 Å². The van der Waals surface area contributed by atoms with Crippen LogP contribution in [0.15, 0.2) is 54.6 Å². The first kappa shape index (κ1) is 15.2. The number of hydrogen-bond donors (Lipinski definition) is 0. The monoisotopic (exact) mass is 320 g/mol. The topological polar surface area (TPSA) is 24.3 Å². The fourth-order valence-electron chi connectivity index (χ4n) is 3.53. The van der Waals surface area contributed by atoms with Crippen molar-refractivity contribution in [3.8, 4) is 0 Å². The van der Waals surface area contributed by atoms with Crippen LogP contribution in [0.1, 0.15) is 18.9 Å². The molecule has 3 aromatic rings. The van der Waals surface area contributed by atoms with Crippen LogP contribution in [0.25, 0.3) is 11.0 Å². The molecule has 1 aromatic heterocycles. The highest BCUT2D eigenvalue weighted by Gasteiger charge is 2.25. The molecule has 0 radical (unpaired) electrons. The summed E-state index contributed by atoms with van der Waals surface area (Å²) in [5.41, 5.74) is 3.71. The first-order chi connectivity index (χ1) is 11.8. The smallest absolute Gasteiger partial charge is 0.208 e. The molecule has 4 nitrogen and oxygen atoms in total. The summed E-state index contributed by atoms with van der Waals surface area (Å²) in [4.78, 5) is 9.83. The van der Waals surface area contributed by atoms with Crippen LogP contribution in [0, 0.1) is 0 Å². The van der Waals surface area contributed by atoms with Crippen molar-refractivity contribution in [2.24, 2.45) is 0 Å². The third-order valence-electron chi connectivity index (χ3n) is 4.68. The number of nitrogens with zero attached hydrogens (tertiary/aromatic N) is 4. The molecule has 0 unspecified atom stereocenters. The molecule has 0 fully saturated rings. The van der Waals surface area contributed by atoms with Gasteiger partial charge in [-0.1, -0.05) is 49.4 Å². The number of rotatable bonds is 5. The minimum atomic E-state index is 0.936. The Bertz CT molecular complexity index is 809. The molecule has 0 spiro atoms. The van der Waals surface area contributed by atoms with Gasteiger partial charge in [-0.05, 0) is 30.5 Å². The summed E-state index contributed by atoms with van der Waals surface area (Å²) in [5.74, 6) is 1.11. The first-order valence-electron chi connectivity index (χ1n) is 8.81. The molecular formula is C20H24N4. The molecule has 0 atom stereocenters. The van der Waals surface area contributed by atoms with Crippen molar-refractivity contribution >= 4 is 17.0 Å².